The van der Waals surface area contributed by atoms with Crippen molar-refractivity contribution < 1.29 is 4.79 Å². The smallest absolute Gasteiger partial charge is 0.255 e. The lowest BCUT2D eigenvalue weighted by Gasteiger charge is -2.03. The minimum atomic E-state index is -0.121. The molecule has 0 spiro atoms. The van der Waals surface area contributed by atoms with E-state index in [1.807, 2.05) is 24.3 Å². The third-order valence-electron chi connectivity index (χ3n) is 2.38. The Morgan fingerprint density at radius 2 is 2.12 bits per heavy atom. The van der Waals surface area contributed by atoms with Gasteiger partial charge in [0.2, 0.25) is 0 Å². The summed E-state index contributed by atoms with van der Waals surface area (Å²) in [5, 5.41) is 9.14. The van der Waals surface area contributed by atoms with Gasteiger partial charge in [0.25, 0.3) is 5.91 Å². The summed E-state index contributed by atoms with van der Waals surface area (Å²) in [6.45, 7) is 2.08. The highest BCUT2D eigenvalue weighted by Crippen LogP contribution is 2.08. The van der Waals surface area contributed by atoms with Crippen LogP contribution in [0.1, 0.15) is 22.8 Å². The SMILES string of the molecule is CCc1ccc(C(=O)Nc2cn[nH]c2)cc1. The van der Waals surface area contributed by atoms with Crippen LogP contribution in [0.15, 0.2) is 36.7 Å². The van der Waals surface area contributed by atoms with Crippen LogP contribution in [0.2, 0.25) is 0 Å². The van der Waals surface area contributed by atoms with Gasteiger partial charge in [-0.25, -0.2) is 0 Å². The molecule has 4 nitrogen and oxygen atoms in total. The van der Waals surface area contributed by atoms with E-state index in [4.69, 9.17) is 0 Å². The van der Waals surface area contributed by atoms with Crippen LogP contribution < -0.4 is 5.32 Å². The first-order valence-corrected chi connectivity index (χ1v) is 5.18. The molecule has 1 amide bonds. The van der Waals surface area contributed by atoms with Gasteiger partial charge in [-0.2, -0.15) is 5.10 Å². The van der Waals surface area contributed by atoms with Crippen LogP contribution in [0.3, 0.4) is 0 Å². The molecule has 2 aromatic rings. The molecular weight excluding hydrogens is 202 g/mol. The Kier molecular flexibility index (Phi) is 3.00. The van der Waals surface area contributed by atoms with Crippen LogP contribution in [-0.4, -0.2) is 16.1 Å². The predicted molar refractivity (Wildman–Crippen MR) is 62.4 cm³/mol. The molecule has 2 rings (SSSR count). The van der Waals surface area contributed by atoms with E-state index < -0.39 is 0 Å². The summed E-state index contributed by atoms with van der Waals surface area (Å²) >= 11 is 0. The Morgan fingerprint density at radius 3 is 2.69 bits per heavy atom. The maximum atomic E-state index is 11.8. The maximum absolute atomic E-state index is 11.8. The highest BCUT2D eigenvalue weighted by Gasteiger charge is 2.05. The van der Waals surface area contributed by atoms with Crippen LogP contribution in [-0.2, 0) is 6.42 Å². The van der Waals surface area contributed by atoms with E-state index in [-0.39, 0.29) is 5.91 Å². The lowest BCUT2D eigenvalue weighted by molar-refractivity contribution is 0.102. The molecule has 0 unspecified atom stereocenters. The van der Waals surface area contributed by atoms with E-state index in [1.54, 1.807) is 12.4 Å². The van der Waals surface area contributed by atoms with Gasteiger partial charge in [0.15, 0.2) is 0 Å². The van der Waals surface area contributed by atoms with E-state index in [9.17, 15) is 4.79 Å². The number of aromatic amines is 1. The monoisotopic (exact) mass is 215 g/mol. The van der Waals surface area contributed by atoms with Gasteiger partial charge >= 0.3 is 0 Å². The molecule has 0 aliphatic heterocycles. The van der Waals surface area contributed by atoms with Gasteiger partial charge in [-0.05, 0) is 24.1 Å². The molecule has 82 valence electrons. The molecule has 0 saturated carbocycles. The van der Waals surface area contributed by atoms with Gasteiger partial charge in [0.1, 0.15) is 0 Å². The van der Waals surface area contributed by atoms with E-state index in [2.05, 4.69) is 22.4 Å². The first kappa shape index (κ1) is 10.4. The van der Waals surface area contributed by atoms with Crippen LogP contribution in [0, 0.1) is 0 Å². The van der Waals surface area contributed by atoms with E-state index >= 15 is 0 Å². The van der Waals surface area contributed by atoms with Gasteiger partial charge < -0.3 is 5.32 Å². The number of nitrogens with zero attached hydrogens (tertiary/aromatic N) is 1. The zero-order valence-corrected chi connectivity index (χ0v) is 9.03. The normalized spacial score (nSPS) is 10.1. The average molecular weight is 215 g/mol. The standard InChI is InChI=1S/C12H13N3O/c1-2-9-3-5-10(6-4-9)12(16)15-11-7-13-14-8-11/h3-8H,2H2,1H3,(H,13,14)(H,15,16). The molecule has 0 bridgehead atoms. The number of hydrogen-bond donors (Lipinski definition) is 2. The molecule has 1 aromatic heterocycles. The van der Waals surface area contributed by atoms with Gasteiger partial charge in [-0.3, -0.25) is 9.89 Å². The fraction of sp³-hybridized carbons (Fsp3) is 0.167. The lowest BCUT2D eigenvalue weighted by atomic mass is 10.1. The summed E-state index contributed by atoms with van der Waals surface area (Å²) in [4.78, 5) is 11.8. The first-order valence-electron chi connectivity index (χ1n) is 5.18. The van der Waals surface area contributed by atoms with Crippen LogP contribution >= 0.6 is 0 Å². The molecule has 0 radical (unpaired) electrons. The highest BCUT2D eigenvalue weighted by atomic mass is 16.1. The van der Waals surface area contributed by atoms with Crippen molar-refractivity contribution in [1.29, 1.82) is 0 Å². The Bertz CT molecular complexity index is 460. The van der Waals surface area contributed by atoms with Crippen molar-refractivity contribution in [3.63, 3.8) is 0 Å². The van der Waals surface area contributed by atoms with E-state index in [0.29, 0.717) is 11.3 Å². The largest absolute Gasteiger partial charge is 0.319 e. The summed E-state index contributed by atoms with van der Waals surface area (Å²) in [5.74, 6) is -0.121. The predicted octanol–water partition coefficient (Wildman–Crippen LogP) is 2.22. The average Bonchev–Trinajstić information content (AvgIpc) is 2.82. The number of hydrogen-bond acceptors (Lipinski definition) is 2. The number of carbonyl (C=O) groups is 1. The summed E-state index contributed by atoms with van der Waals surface area (Å²) in [7, 11) is 0. The molecule has 16 heavy (non-hydrogen) atoms. The van der Waals surface area contributed by atoms with Crippen molar-refractivity contribution in [1.82, 2.24) is 10.2 Å². The minimum Gasteiger partial charge on any atom is -0.319 e. The Hall–Kier alpha value is -2.10. The summed E-state index contributed by atoms with van der Waals surface area (Å²) in [6, 6.07) is 7.58. The number of H-pyrrole nitrogens is 1. The quantitative estimate of drug-likeness (QED) is 0.824. The Morgan fingerprint density at radius 1 is 1.38 bits per heavy atom. The summed E-state index contributed by atoms with van der Waals surface area (Å²) in [5.41, 5.74) is 2.54. The van der Waals surface area contributed by atoms with Crippen molar-refractivity contribution in [2.75, 3.05) is 5.32 Å². The number of amides is 1. The van der Waals surface area contributed by atoms with Crippen molar-refractivity contribution >= 4 is 11.6 Å². The highest BCUT2D eigenvalue weighted by molar-refractivity contribution is 6.04. The zero-order valence-electron chi connectivity index (χ0n) is 9.03. The molecule has 2 N–H and O–H groups in total. The Labute approximate surface area is 93.7 Å². The number of rotatable bonds is 3. The molecule has 0 aliphatic rings. The van der Waals surface area contributed by atoms with Crippen LogP contribution in [0.5, 0.6) is 0 Å². The van der Waals surface area contributed by atoms with Crippen molar-refractivity contribution in [3.05, 3.63) is 47.8 Å². The number of anilines is 1. The second kappa shape index (κ2) is 4.61. The molecule has 1 aromatic carbocycles. The second-order valence-corrected chi connectivity index (χ2v) is 3.49. The van der Waals surface area contributed by atoms with Gasteiger partial charge in [0.05, 0.1) is 11.9 Å². The summed E-state index contributed by atoms with van der Waals surface area (Å²) < 4.78 is 0. The lowest BCUT2D eigenvalue weighted by Crippen LogP contribution is -2.11. The maximum Gasteiger partial charge on any atom is 0.255 e. The number of nitrogens with one attached hydrogen (secondary N) is 2. The van der Waals surface area contributed by atoms with Crippen LogP contribution in [0.25, 0.3) is 0 Å². The van der Waals surface area contributed by atoms with E-state index in [1.165, 1.54) is 5.56 Å². The topological polar surface area (TPSA) is 57.8 Å². The van der Waals surface area contributed by atoms with Crippen LogP contribution in [0.4, 0.5) is 5.69 Å². The third-order valence-corrected chi connectivity index (χ3v) is 2.38. The molecule has 0 atom stereocenters. The second-order valence-electron chi connectivity index (χ2n) is 3.49. The van der Waals surface area contributed by atoms with Gasteiger partial charge in [-0.15, -0.1) is 0 Å². The molecule has 1 heterocycles. The molecule has 4 heteroatoms. The third kappa shape index (κ3) is 2.28. The van der Waals surface area contributed by atoms with Crippen molar-refractivity contribution in [2.45, 2.75) is 13.3 Å². The number of carbonyl (C=O) groups excluding carboxylic acids is 1. The van der Waals surface area contributed by atoms with E-state index in [0.717, 1.165) is 6.42 Å². The number of aryl methyl sites for hydroxylation is 1. The Balaban J connectivity index is 2.09. The first-order chi connectivity index (χ1) is 7.79. The molecular formula is C12H13N3O. The molecule has 0 aliphatic carbocycles. The zero-order chi connectivity index (χ0) is 11.4. The number of benzene rings is 1. The van der Waals surface area contributed by atoms with Crippen molar-refractivity contribution in [3.8, 4) is 0 Å². The van der Waals surface area contributed by atoms with Crippen molar-refractivity contribution in [2.24, 2.45) is 0 Å². The fourth-order valence-corrected chi connectivity index (χ4v) is 1.41. The summed E-state index contributed by atoms with van der Waals surface area (Å²) in [6.07, 6.45) is 4.18. The number of aromatic nitrogens is 2. The molecule has 0 saturated heterocycles. The van der Waals surface area contributed by atoms with Gasteiger partial charge in [0, 0.05) is 11.8 Å². The fourth-order valence-electron chi connectivity index (χ4n) is 1.41. The molecule has 0 fully saturated rings. The minimum absolute atomic E-state index is 0.121. The van der Waals surface area contributed by atoms with Gasteiger partial charge in [-0.1, -0.05) is 19.1 Å².